The summed E-state index contributed by atoms with van der Waals surface area (Å²) in [4.78, 5) is 2.69. The molecule has 0 unspecified atom stereocenters. The summed E-state index contributed by atoms with van der Waals surface area (Å²) in [5.41, 5.74) is 0.737. The fourth-order valence-corrected chi connectivity index (χ4v) is 3.30. The first-order valence-corrected chi connectivity index (χ1v) is 6.46. The molecule has 1 saturated carbocycles. The van der Waals surface area contributed by atoms with Crippen molar-refractivity contribution < 1.29 is 0 Å². The Morgan fingerprint density at radius 2 is 1.57 bits per heavy atom. The summed E-state index contributed by atoms with van der Waals surface area (Å²) in [6.45, 7) is 7.44. The highest BCUT2D eigenvalue weighted by atomic mass is 15.2. The molecular weight excluding hydrogens is 170 g/mol. The minimum atomic E-state index is 0.737. The number of nitrogens with zero attached hydrogens (tertiary/aromatic N) is 1. The van der Waals surface area contributed by atoms with Gasteiger partial charge in [0.15, 0.2) is 0 Å². The molecule has 1 nitrogen and oxygen atoms in total. The van der Waals surface area contributed by atoms with Crippen LogP contribution in [0.25, 0.3) is 0 Å². The van der Waals surface area contributed by atoms with E-state index in [-0.39, 0.29) is 0 Å². The van der Waals surface area contributed by atoms with Gasteiger partial charge in [0.2, 0.25) is 0 Å². The van der Waals surface area contributed by atoms with Gasteiger partial charge in [0.05, 0.1) is 0 Å². The molecule has 1 heterocycles. The van der Waals surface area contributed by atoms with Gasteiger partial charge in [-0.15, -0.1) is 0 Å². The zero-order valence-electron chi connectivity index (χ0n) is 9.89. The van der Waals surface area contributed by atoms with Crippen molar-refractivity contribution in [3.05, 3.63) is 0 Å². The van der Waals surface area contributed by atoms with Crippen LogP contribution >= 0.6 is 0 Å². The highest BCUT2D eigenvalue weighted by Gasteiger charge is 2.38. The Hall–Kier alpha value is -0.0400. The highest BCUT2D eigenvalue weighted by Crippen LogP contribution is 2.42. The Morgan fingerprint density at radius 3 is 2.07 bits per heavy atom. The third-order valence-corrected chi connectivity index (χ3v) is 4.36. The number of hydrogen-bond acceptors (Lipinski definition) is 1. The lowest BCUT2D eigenvalue weighted by Gasteiger charge is -2.29. The zero-order chi connectivity index (χ0) is 10.0. The molecule has 2 aliphatic rings. The lowest BCUT2D eigenvalue weighted by Crippen LogP contribution is -2.31. The lowest BCUT2D eigenvalue weighted by molar-refractivity contribution is 0.203. The van der Waals surface area contributed by atoms with Gasteiger partial charge in [0.1, 0.15) is 0 Å². The van der Waals surface area contributed by atoms with Crippen LogP contribution in [0.1, 0.15) is 58.8 Å². The van der Waals surface area contributed by atoms with E-state index in [1.807, 2.05) is 0 Å². The van der Waals surface area contributed by atoms with Gasteiger partial charge in [-0.05, 0) is 45.1 Å². The van der Waals surface area contributed by atoms with Crippen LogP contribution in [-0.4, -0.2) is 24.0 Å². The molecule has 0 radical (unpaired) electrons. The van der Waals surface area contributed by atoms with Crippen LogP contribution in [0.2, 0.25) is 0 Å². The van der Waals surface area contributed by atoms with E-state index in [0.29, 0.717) is 0 Å². The van der Waals surface area contributed by atoms with Gasteiger partial charge in [-0.25, -0.2) is 0 Å². The first kappa shape index (κ1) is 10.5. The molecule has 1 heteroatoms. The summed E-state index contributed by atoms with van der Waals surface area (Å²) in [7, 11) is 0. The van der Waals surface area contributed by atoms with Gasteiger partial charge < -0.3 is 4.90 Å². The minimum absolute atomic E-state index is 0.737. The molecule has 0 aromatic rings. The third-order valence-electron chi connectivity index (χ3n) is 4.36. The van der Waals surface area contributed by atoms with Crippen molar-refractivity contribution >= 4 is 0 Å². The average molecular weight is 195 g/mol. The van der Waals surface area contributed by atoms with Gasteiger partial charge in [-0.2, -0.15) is 0 Å². The summed E-state index contributed by atoms with van der Waals surface area (Å²) in [5, 5.41) is 0. The van der Waals surface area contributed by atoms with E-state index < -0.39 is 0 Å². The second-order valence-corrected chi connectivity index (χ2v) is 5.73. The number of likely N-dealkylation sites (tertiary alicyclic amines) is 1. The molecule has 2 rings (SSSR count). The van der Waals surface area contributed by atoms with Crippen LogP contribution in [0.4, 0.5) is 0 Å². The fraction of sp³-hybridized carbons (Fsp3) is 1.00. The van der Waals surface area contributed by atoms with Crippen molar-refractivity contribution in [2.24, 2.45) is 5.41 Å². The molecule has 2 fully saturated rings. The maximum Gasteiger partial charge on any atom is 0.00412 e. The topological polar surface area (TPSA) is 3.24 Å². The summed E-state index contributed by atoms with van der Waals surface area (Å²) >= 11 is 0. The largest absolute Gasteiger partial charge is 0.300 e. The van der Waals surface area contributed by atoms with Crippen LogP contribution < -0.4 is 0 Å². The third kappa shape index (κ3) is 2.13. The molecule has 1 aliphatic carbocycles. The Kier molecular flexibility index (Phi) is 3.16. The van der Waals surface area contributed by atoms with Crippen molar-refractivity contribution in [1.29, 1.82) is 0 Å². The fourth-order valence-electron chi connectivity index (χ4n) is 3.30. The smallest absolute Gasteiger partial charge is 0.00412 e. The quantitative estimate of drug-likeness (QED) is 0.619. The molecular formula is C13H25N. The highest BCUT2D eigenvalue weighted by molar-refractivity contribution is 4.91. The van der Waals surface area contributed by atoms with E-state index in [9.17, 15) is 0 Å². The summed E-state index contributed by atoms with van der Waals surface area (Å²) < 4.78 is 0. The standard InChI is InChI=1S/C13H25N/c1-12(2)14-10-9-13(11-14)7-5-3-4-6-8-13/h12H,3-11H2,1-2H3. The minimum Gasteiger partial charge on any atom is -0.300 e. The number of hydrogen-bond donors (Lipinski definition) is 0. The van der Waals surface area contributed by atoms with Crippen molar-refractivity contribution in [1.82, 2.24) is 4.90 Å². The summed E-state index contributed by atoms with van der Waals surface area (Å²) in [5.74, 6) is 0. The van der Waals surface area contributed by atoms with Crippen LogP contribution in [0.15, 0.2) is 0 Å². The molecule has 1 saturated heterocycles. The van der Waals surface area contributed by atoms with Crippen molar-refractivity contribution in [2.45, 2.75) is 64.8 Å². The molecule has 0 bridgehead atoms. The van der Waals surface area contributed by atoms with Gasteiger partial charge in [0, 0.05) is 12.6 Å². The lowest BCUT2D eigenvalue weighted by atomic mass is 9.80. The maximum atomic E-state index is 2.69. The molecule has 0 N–H and O–H groups in total. The summed E-state index contributed by atoms with van der Waals surface area (Å²) in [6, 6.07) is 0.762. The van der Waals surface area contributed by atoms with Gasteiger partial charge in [-0.1, -0.05) is 25.7 Å². The van der Waals surface area contributed by atoms with Gasteiger partial charge in [-0.3, -0.25) is 0 Å². The Balaban J connectivity index is 1.96. The Labute approximate surface area is 88.9 Å². The second kappa shape index (κ2) is 4.22. The predicted molar refractivity (Wildman–Crippen MR) is 61.5 cm³/mol. The predicted octanol–water partition coefficient (Wildman–Crippen LogP) is 3.44. The molecule has 0 atom stereocenters. The van der Waals surface area contributed by atoms with Crippen molar-refractivity contribution in [3.8, 4) is 0 Å². The van der Waals surface area contributed by atoms with Crippen molar-refractivity contribution in [2.75, 3.05) is 13.1 Å². The first-order valence-electron chi connectivity index (χ1n) is 6.46. The normalized spacial score (nSPS) is 28.5. The van der Waals surface area contributed by atoms with Gasteiger partial charge >= 0.3 is 0 Å². The first-order chi connectivity index (χ1) is 6.72. The van der Waals surface area contributed by atoms with Crippen LogP contribution in [-0.2, 0) is 0 Å². The van der Waals surface area contributed by atoms with E-state index in [1.54, 1.807) is 0 Å². The van der Waals surface area contributed by atoms with Crippen molar-refractivity contribution in [3.63, 3.8) is 0 Å². The van der Waals surface area contributed by atoms with E-state index in [4.69, 9.17) is 0 Å². The Bertz CT molecular complexity index is 178. The monoisotopic (exact) mass is 195 g/mol. The maximum absolute atomic E-state index is 2.69. The molecule has 0 aromatic heterocycles. The Morgan fingerprint density at radius 1 is 0.929 bits per heavy atom. The van der Waals surface area contributed by atoms with E-state index in [2.05, 4.69) is 18.7 Å². The van der Waals surface area contributed by atoms with Crippen LogP contribution in [0.5, 0.6) is 0 Å². The molecule has 0 amide bonds. The van der Waals surface area contributed by atoms with Crippen LogP contribution in [0.3, 0.4) is 0 Å². The summed E-state index contributed by atoms with van der Waals surface area (Å²) in [6.07, 6.45) is 10.5. The number of rotatable bonds is 1. The van der Waals surface area contributed by atoms with E-state index in [1.165, 1.54) is 58.0 Å². The average Bonchev–Trinajstić information content (AvgIpc) is 2.41. The zero-order valence-corrected chi connectivity index (χ0v) is 9.89. The molecule has 14 heavy (non-hydrogen) atoms. The molecule has 1 spiro atoms. The molecule has 82 valence electrons. The second-order valence-electron chi connectivity index (χ2n) is 5.73. The molecule has 1 aliphatic heterocycles. The SMILES string of the molecule is CC(C)N1CCC2(CCCCCC2)C1. The van der Waals surface area contributed by atoms with E-state index in [0.717, 1.165) is 11.5 Å². The van der Waals surface area contributed by atoms with Crippen LogP contribution in [0, 0.1) is 5.41 Å². The molecule has 0 aromatic carbocycles. The van der Waals surface area contributed by atoms with E-state index >= 15 is 0 Å². The van der Waals surface area contributed by atoms with Gasteiger partial charge in [0.25, 0.3) is 0 Å².